The molecule has 146 valence electrons. The van der Waals surface area contributed by atoms with E-state index in [1.807, 2.05) is 98.8 Å². The highest BCUT2D eigenvalue weighted by Crippen LogP contribution is 2.31. The Bertz CT molecular complexity index is 958. The summed E-state index contributed by atoms with van der Waals surface area (Å²) in [5, 5.41) is 0. The maximum absolute atomic E-state index is 13.0. The van der Waals surface area contributed by atoms with Crippen molar-refractivity contribution >= 4 is 21.9 Å². The topological polar surface area (TPSA) is 26.3 Å². The van der Waals surface area contributed by atoms with Gasteiger partial charge in [-0.2, -0.15) is 0 Å². The van der Waals surface area contributed by atoms with Crippen LogP contribution in [0.1, 0.15) is 43.1 Å². The van der Waals surface area contributed by atoms with Gasteiger partial charge in [-0.3, -0.25) is 4.79 Å². The lowest BCUT2D eigenvalue weighted by molar-refractivity contribution is -0.157. The van der Waals surface area contributed by atoms with Crippen LogP contribution in [0.5, 0.6) is 0 Å². The maximum atomic E-state index is 13.0. The fourth-order valence-corrected chi connectivity index (χ4v) is 3.09. The summed E-state index contributed by atoms with van der Waals surface area (Å²) in [7, 11) is 0. The van der Waals surface area contributed by atoms with Gasteiger partial charge in [-0.1, -0.05) is 88.4 Å². The average Bonchev–Trinajstić information content (AvgIpc) is 2.74. The van der Waals surface area contributed by atoms with E-state index in [0.29, 0.717) is 6.42 Å². The van der Waals surface area contributed by atoms with Crippen LogP contribution in [0.2, 0.25) is 0 Å². The van der Waals surface area contributed by atoms with Gasteiger partial charge in [0.05, 0.1) is 5.41 Å². The quantitative estimate of drug-likeness (QED) is 0.328. The van der Waals surface area contributed by atoms with E-state index in [1.165, 1.54) is 0 Å². The number of carbonyl (C=O) groups excluding carboxylic acids is 1. The van der Waals surface area contributed by atoms with Crippen LogP contribution in [-0.4, -0.2) is 5.97 Å². The molecule has 0 N–H and O–H groups in total. The summed E-state index contributed by atoms with van der Waals surface area (Å²) >= 11 is 3.42. The predicted molar refractivity (Wildman–Crippen MR) is 120 cm³/mol. The van der Waals surface area contributed by atoms with Gasteiger partial charge in [-0.05, 0) is 49.2 Å². The first kappa shape index (κ1) is 20.9. The van der Waals surface area contributed by atoms with Gasteiger partial charge in [0.2, 0.25) is 0 Å². The number of halogens is 1. The molecule has 0 fully saturated rings. The summed E-state index contributed by atoms with van der Waals surface area (Å²) in [6.45, 7) is 3.75. The van der Waals surface area contributed by atoms with Gasteiger partial charge in [-0.15, -0.1) is 0 Å². The van der Waals surface area contributed by atoms with Gasteiger partial charge in [0.1, 0.15) is 0 Å². The zero-order valence-corrected chi connectivity index (χ0v) is 18.1. The summed E-state index contributed by atoms with van der Waals surface area (Å²) < 4.78 is 7.01. The van der Waals surface area contributed by atoms with E-state index in [-0.39, 0.29) is 5.97 Å². The minimum Gasteiger partial charge on any atom is -0.452 e. The number of hydrogen-bond acceptors (Lipinski definition) is 2. The molecule has 0 amide bonds. The molecule has 0 heterocycles. The molecule has 0 aliphatic rings. The second-order valence-corrected chi connectivity index (χ2v) is 8.39. The van der Waals surface area contributed by atoms with Crippen LogP contribution in [0.15, 0.2) is 89.4 Å². The number of carbonyl (C=O) groups is 1. The molecule has 29 heavy (non-hydrogen) atoms. The van der Waals surface area contributed by atoms with Gasteiger partial charge in [0.15, 0.2) is 6.10 Å². The smallest absolute Gasteiger partial charge is 0.313 e. The molecule has 0 atom stereocenters. The van der Waals surface area contributed by atoms with Crippen LogP contribution < -0.4 is 0 Å². The van der Waals surface area contributed by atoms with E-state index >= 15 is 0 Å². The van der Waals surface area contributed by atoms with E-state index in [4.69, 9.17) is 4.74 Å². The molecule has 2 nitrogen and oxygen atoms in total. The SMILES string of the molecule is CC(C)(CC#Cc1ccc(Br)cc1)C(=O)OC(c1ccccc1)c1ccccc1. The molecule has 0 saturated carbocycles. The fourth-order valence-electron chi connectivity index (χ4n) is 2.82. The highest BCUT2D eigenvalue weighted by molar-refractivity contribution is 9.10. The lowest BCUT2D eigenvalue weighted by Crippen LogP contribution is -2.28. The van der Waals surface area contributed by atoms with E-state index in [1.54, 1.807) is 0 Å². The monoisotopic (exact) mass is 446 g/mol. The van der Waals surface area contributed by atoms with Crippen molar-refractivity contribution in [2.45, 2.75) is 26.4 Å². The molecule has 0 bridgehead atoms. The van der Waals surface area contributed by atoms with Crippen molar-refractivity contribution in [2.24, 2.45) is 5.41 Å². The van der Waals surface area contributed by atoms with Crippen LogP contribution in [0.4, 0.5) is 0 Å². The predicted octanol–water partition coefficient (Wildman–Crippen LogP) is 6.55. The number of hydrogen-bond donors (Lipinski definition) is 0. The summed E-state index contributed by atoms with van der Waals surface area (Å²) in [4.78, 5) is 13.0. The molecule has 0 radical (unpaired) electrons. The van der Waals surface area contributed by atoms with Gasteiger partial charge in [0, 0.05) is 16.5 Å². The van der Waals surface area contributed by atoms with Crippen LogP contribution in [0.3, 0.4) is 0 Å². The van der Waals surface area contributed by atoms with Gasteiger partial charge in [0.25, 0.3) is 0 Å². The third-order valence-corrected chi connectivity index (χ3v) is 5.12. The molecular weight excluding hydrogens is 424 g/mol. The van der Waals surface area contributed by atoms with Crippen molar-refractivity contribution in [3.05, 3.63) is 106 Å². The Balaban J connectivity index is 1.75. The van der Waals surface area contributed by atoms with Crippen LogP contribution in [-0.2, 0) is 9.53 Å². The Morgan fingerprint density at radius 2 is 1.41 bits per heavy atom. The summed E-state index contributed by atoms with van der Waals surface area (Å²) in [5.74, 6) is 5.99. The fraction of sp³-hybridized carbons (Fsp3) is 0.192. The minimum absolute atomic E-state index is 0.264. The van der Waals surface area contributed by atoms with Gasteiger partial charge in [-0.25, -0.2) is 0 Å². The highest BCUT2D eigenvalue weighted by atomic mass is 79.9. The highest BCUT2D eigenvalue weighted by Gasteiger charge is 2.31. The van der Waals surface area contributed by atoms with Crippen molar-refractivity contribution in [1.29, 1.82) is 0 Å². The van der Waals surface area contributed by atoms with Crippen LogP contribution >= 0.6 is 15.9 Å². The zero-order valence-electron chi connectivity index (χ0n) is 16.6. The molecule has 3 aromatic rings. The van der Waals surface area contributed by atoms with Crippen LogP contribution in [0.25, 0.3) is 0 Å². The van der Waals surface area contributed by atoms with Crippen LogP contribution in [0, 0.1) is 17.3 Å². The molecule has 0 aliphatic carbocycles. The zero-order chi connectivity index (χ0) is 20.7. The van der Waals surface area contributed by atoms with Crippen molar-refractivity contribution in [2.75, 3.05) is 0 Å². The first-order valence-corrected chi connectivity index (χ1v) is 10.3. The summed E-state index contributed by atoms with van der Waals surface area (Å²) in [5.41, 5.74) is 2.10. The Labute approximate surface area is 181 Å². The third kappa shape index (κ3) is 5.82. The second-order valence-electron chi connectivity index (χ2n) is 7.48. The summed E-state index contributed by atoms with van der Waals surface area (Å²) in [6.07, 6.45) is -0.0262. The van der Waals surface area contributed by atoms with Crippen molar-refractivity contribution < 1.29 is 9.53 Å². The summed E-state index contributed by atoms with van der Waals surface area (Å²) in [6, 6.07) is 27.4. The molecule has 3 heteroatoms. The van der Waals surface area contributed by atoms with E-state index < -0.39 is 11.5 Å². The molecular formula is C26H23BrO2. The largest absolute Gasteiger partial charge is 0.452 e. The molecule has 3 aromatic carbocycles. The minimum atomic E-state index is -0.718. The first-order valence-electron chi connectivity index (χ1n) is 9.51. The molecule has 3 rings (SSSR count). The number of esters is 1. The van der Waals surface area contributed by atoms with E-state index in [9.17, 15) is 4.79 Å². The van der Waals surface area contributed by atoms with E-state index in [2.05, 4.69) is 27.8 Å². The second kappa shape index (κ2) is 9.58. The molecule has 0 saturated heterocycles. The first-order chi connectivity index (χ1) is 14.0. The van der Waals surface area contributed by atoms with Crippen molar-refractivity contribution in [3.63, 3.8) is 0 Å². The lowest BCUT2D eigenvalue weighted by Gasteiger charge is -2.25. The molecule has 0 spiro atoms. The molecule has 0 unspecified atom stereocenters. The number of benzene rings is 3. The van der Waals surface area contributed by atoms with Crippen molar-refractivity contribution in [3.8, 4) is 11.8 Å². The van der Waals surface area contributed by atoms with Gasteiger partial charge >= 0.3 is 5.97 Å². The Morgan fingerprint density at radius 3 is 1.93 bits per heavy atom. The molecule has 0 aromatic heterocycles. The van der Waals surface area contributed by atoms with Gasteiger partial charge < -0.3 is 4.74 Å². The average molecular weight is 447 g/mol. The standard InChI is InChI=1S/C26H23BrO2/c1-26(2,19-9-10-20-15-17-23(27)18-16-20)25(28)29-24(21-11-5-3-6-12-21)22-13-7-4-8-14-22/h3-8,11-18,24H,19H2,1-2H3. The number of rotatable bonds is 5. The molecule has 0 aliphatic heterocycles. The lowest BCUT2D eigenvalue weighted by atomic mass is 9.89. The van der Waals surface area contributed by atoms with Crippen molar-refractivity contribution in [1.82, 2.24) is 0 Å². The number of ether oxygens (including phenoxy) is 1. The third-order valence-electron chi connectivity index (χ3n) is 4.59. The maximum Gasteiger partial charge on any atom is 0.313 e. The Morgan fingerprint density at radius 1 is 0.897 bits per heavy atom. The van der Waals surface area contributed by atoms with E-state index in [0.717, 1.165) is 21.2 Å². The Kier molecular flexibility index (Phi) is 6.90. The Hall–Kier alpha value is -2.83. The normalized spacial score (nSPS) is 10.9.